The first-order valence-electron chi connectivity index (χ1n) is 8.24. The standard InChI is InChI=1S/C18H30N2/c1-3-17(19)11-12-18-6-4-5-13-20(18)14-16-9-7-15(2)8-10-16/h7-10,17-18H,3-6,11-14,19H2,1-2H3. The van der Waals surface area contributed by atoms with Crippen molar-refractivity contribution in [2.24, 2.45) is 5.73 Å². The molecule has 0 amide bonds. The number of hydrogen-bond donors (Lipinski definition) is 1. The van der Waals surface area contributed by atoms with E-state index in [4.69, 9.17) is 5.73 Å². The fraction of sp³-hybridized carbons (Fsp3) is 0.667. The molecule has 2 heteroatoms. The second-order valence-electron chi connectivity index (χ2n) is 6.35. The lowest BCUT2D eigenvalue weighted by molar-refractivity contribution is 0.128. The topological polar surface area (TPSA) is 29.3 Å². The van der Waals surface area contributed by atoms with E-state index in [2.05, 4.69) is 43.0 Å². The minimum atomic E-state index is 0.387. The van der Waals surface area contributed by atoms with Gasteiger partial charge in [0.15, 0.2) is 0 Å². The number of nitrogens with two attached hydrogens (primary N) is 1. The Balaban J connectivity index is 1.90. The molecule has 1 aromatic rings. The Morgan fingerprint density at radius 1 is 1.25 bits per heavy atom. The van der Waals surface area contributed by atoms with Crippen LogP contribution >= 0.6 is 0 Å². The summed E-state index contributed by atoms with van der Waals surface area (Å²) in [6.07, 6.45) is 7.62. The van der Waals surface area contributed by atoms with E-state index in [-0.39, 0.29) is 0 Å². The molecule has 0 spiro atoms. The van der Waals surface area contributed by atoms with Gasteiger partial charge in [0.2, 0.25) is 0 Å². The fourth-order valence-electron chi connectivity index (χ4n) is 3.13. The van der Waals surface area contributed by atoms with Crippen LogP contribution in [-0.2, 0) is 6.54 Å². The van der Waals surface area contributed by atoms with Crippen LogP contribution in [0.3, 0.4) is 0 Å². The summed E-state index contributed by atoms with van der Waals surface area (Å²) < 4.78 is 0. The highest BCUT2D eigenvalue weighted by Gasteiger charge is 2.22. The van der Waals surface area contributed by atoms with Gasteiger partial charge in [-0.15, -0.1) is 0 Å². The fourth-order valence-corrected chi connectivity index (χ4v) is 3.13. The first-order valence-corrected chi connectivity index (χ1v) is 8.24. The zero-order valence-corrected chi connectivity index (χ0v) is 13.1. The van der Waals surface area contributed by atoms with Gasteiger partial charge in [-0.25, -0.2) is 0 Å². The summed E-state index contributed by atoms with van der Waals surface area (Å²) in [7, 11) is 0. The van der Waals surface area contributed by atoms with Crippen molar-refractivity contribution >= 4 is 0 Å². The van der Waals surface area contributed by atoms with E-state index in [9.17, 15) is 0 Å². The molecule has 1 aliphatic heterocycles. The molecule has 20 heavy (non-hydrogen) atoms. The zero-order chi connectivity index (χ0) is 14.4. The maximum absolute atomic E-state index is 6.09. The predicted molar refractivity (Wildman–Crippen MR) is 86.7 cm³/mol. The zero-order valence-electron chi connectivity index (χ0n) is 13.1. The highest BCUT2D eigenvalue weighted by molar-refractivity contribution is 5.21. The molecule has 2 rings (SSSR count). The third-order valence-corrected chi connectivity index (χ3v) is 4.65. The van der Waals surface area contributed by atoms with Crippen LogP contribution in [0.2, 0.25) is 0 Å². The van der Waals surface area contributed by atoms with Crippen LogP contribution in [0.15, 0.2) is 24.3 Å². The van der Waals surface area contributed by atoms with E-state index in [0.717, 1.165) is 19.0 Å². The van der Waals surface area contributed by atoms with Crippen LogP contribution in [0.25, 0.3) is 0 Å². The average Bonchev–Trinajstić information content (AvgIpc) is 2.48. The van der Waals surface area contributed by atoms with Crippen molar-refractivity contribution in [3.8, 4) is 0 Å². The number of benzene rings is 1. The van der Waals surface area contributed by atoms with Gasteiger partial charge in [0, 0.05) is 18.6 Å². The Bertz CT molecular complexity index is 385. The molecule has 0 saturated carbocycles. The molecule has 1 aromatic carbocycles. The Morgan fingerprint density at radius 2 is 2.00 bits per heavy atom. The third kappa shape index (κ3) is 4.60. The molecule has 1 fully saturated rings. The molecule has 112 valence electrons. The van der Waals surface area contributed by atoms with Crippen LogP contribution in [-0.4, -0.2) is 23.5 Å². The molecule has 2 nitrogen and oxygen atoms in total. The third-order valence-electron chi connectivity index (χ3n) is 4.65. The van der Waals surface area contributed by atoms with Crippen molar-refractivity contribution in [2.45, 2.75) is 71.0 Å². The van der Waals surface area contributed by atoms with Crippen LogP contribution in [0.1, 0.15) is 56.6 Å². The number of rotatable bonds is 6. The number of hydrogen-bond acceptors (Lipinski definition) is 2. The molecular formula is C18H30N2. The molecule has 0 bridgehead atoms. The first-order chi connectivity index (χ1) is 9.69. The van der Waals surface area contributed by atoms with Crippen LogP contribution in [0, 0.1) is 6.92 Å². The molecule has 2 atom stereocenters. The van der Waals surface area contributed by atoms with Gasteiger partial charge in [-0.1, -0.05) is 43.2 Å². The summed E-state index contributed by atoms with van der Waals surface area (Å²) in [6.45, 7) is 6.70. The maximum Gasteiger partial charge on any atom is 0.0236 e. The van der Waals surface area contributed by atoms with E-state index in [1.807, 2.05) is 0 Å². The van der Waals surface area contributed by atoms with Crippen molar-refractivity contribution in [1.29, 1.82) is 0 Å². The Morgan fingerprint density at radius 3 is 2.70 bits per heavy atom. The number of aryl methyl sites for hydroxylation is 1. The highest BCUT2D eigenvalue weighted by Crippen LogP contribution is 2.23. The second-order valence-corrected chi connectivity index (χ2v) is 6.35. The summed E-state index contributed by atoms with van der Waals surface area (Å²) in [5.74, 6) is 0. The monoisotopic (exact) mass is 274 g/mol. The van der Waals surface area contributed by atoms with Crippen LogP contribution in [0.5, 0.6) is 0 Å². The van der Waals surface area contributed by atoms with E-state index < -0.39 is 0 Å². The normalized spacial score (nSPS) is 21.9. The van der Waals surface area contributed by atoms with Crippen molar-refractivity contribution in [3.05, 3.63) is 35.4 Å². The minimum Gasteiger partial charge on any atom is -0.328 e. The van der Waals surface area contributed by atoms with E-state index in [0.29, 0.717) is 6.04 Å². The van der Waals surface area contributed by atoms with Gasteiger partial charge in [0.1, 0.15) is 0 Å². The molecule has 1 saturated heterocycles. The molecule has 0 aliphatic carbocycles. The minimum absolute atomic E-state index is 0.387. The second kappa shape index (κ2) is 7.80. The quantitative estimate of drug-likeness (QED) is 0.853. The lowest BCUT2D eigenvalue weighted by atomic mass is 9.95. The summed E-state index contributed by atoms with van der Waals surface area (Å²) in [6, 6.07) is 10.1. The van der Waals surface area contributed by atoms with Crippen LogP contribution in [0.4, 0.5) is 0 Å². The highest BCUT2D eigenvalue weighted by atomic mass is 15.2. The number of likely N-dealkylation sites (tertiary alicyclic amines) is 1. The average molecular weight is 274 g/mol. The van der Waals surface area contributed by atoms with Gasteiger partial charge >= 0.3 is 0 Å². The molecule has 1 aliphatic rings. The molecule has 0 radical (unpaired) electrons. The van der Waals surface area contributed by atoms with Crippen LogP contribution < -0.4 is 5.73 Å². The largest absolute Gasteiger partial charge is 0.328 e. The summed E-state index contributed by atoms with van der Waals surface area (Å²) >= 11 is 0. The lowest BCUT2D eigenvalue weighted by Crippen LogP contribution is -2.39. The lowest BCUT2D eigenvalue weighted by Gasteiger charge is -2.36. The van der Waals surface area contributed by atoms with Crippen molar-refractivity contribution < 1.29 is 0 Å². The van der Waals surface area contributed by atoms with E-state index in [1.165, 1.54) is 49.8 Å². The van der Waals surface area contributed by atoms with Crippen molar-refractivity contribution in [3.63, 3.8) is 0 Å². The molecule has 2 N–H and O–H groups in total. The van der Waals surface area contributed by atoms with Gasteiger partial charge in [0.05, 0.1) is 0 Å². The Hall–Kier alpha value is -0.860. The molecule has 1 heterocycles. The van der Waals surface area contributed by atoms with Gasteiger partial charge < -0.3 is 5.73 Å². The predicted octanol–water partition coefficient (Wildman–Crippen LogP) is 3.87. The van der Waals surface area contributed by atoms with Crippen molar-refractivity contribution in [2.75, 3.05) is 6.54 Å². The first kappa shape index (κ1) is 15.5. The van der Waals surface area contributed by atoms with E-state index >= 15 is 0 Å². The molecule has 0 aromatic heterocycles. The summed E-state index contributed by atoms with van der Waals surface area (Å²) in [5.41, 5.74) is 8.88. The maximum atomic E-state index is 6.09. The van der Waals surface area contributed by atoms with Crippen molar-refractivity contribution in [1.82, 2.24) is 4.90 Å². The molecular weight excluding hydrogens is 244 g/mol. The van der Waals surface area contributed by atoms with Gasteiger partial charge in [-0.05, 0) is 51.1 Å². The van der Waals surface area contributed by atoms with Gasteiger partial charge in [-0.3, -0.25) is 4.90 Å². The number of nitrogens with zero attached hydrogens (tertiary/aromatic N) is 1. The van der Waals surface area contributed by atoms with E-state index in [1.54, 1.807) is 0 Å². The summed E-state index contributed by atoms with van der Waals surface area (Å²) in [5, 5.41) is 0. The SMILES string of the molecule is CCC(N)CCC1CCCCN1Cc1ccc(C)cc1. The Kier molecular flexibility index (Phi) is 6.06. The summed E-state index contributed by atoms with van der Waals surface area (Å²) in [4.78, 5) is 2.68. The smallest absolute Gasteiger partial charge is 0.0236 e. The number of piperidine rings is 1. The van der Waals surface area contributed by atoms with Gasteiger partial charge in [-0.2, -0.15) is 0 Å². The Labute approximate surface area is 124 Å². The van der Waals surface area contributed by atoms with Gasteiger partial charge in [0.25, 0.3) is 0 Å². The molecule has 2 unspecified atom stereocenters.